The van der Waals surface area contributed by atoms with E-state index in [1.54, 1.807) is 12.1 Å². The van der Waals surface area contributed by atoms with Gasteiger partial charge in [0.2, 0.25) is 0 Å². The lowest BCUT2D eigenvalue weighted by Crippen LogP contribution is -2.40. The summed E-state index contributed by atoms with van der Waals surface area (Å²) >= 11 is 0. The fraction of sp³-hybridized carbons (Fsp3) is 0.600. The summed E-state index contributed by atoms with van der Waals surface area (Å²) < 4.78 is 13.4. The lowest BCUT2D eigenvalue weighted by Gasteiger charge is -2.39. The number of hydrogen-bond donors (Lipinski definition) is 1. The molecule has 0 amide bonds. The third-order valence-corrected chi connectivity index (χ3v) is 3.86. The minimum Gasteiger partial charge on any atom is -0.369 e. The summed E-state index contributed by atoms with van der Waals surface area (Å²) in [6.07, 6.45) is 2.44. The highest BCUT2D eigenvalue weighted by molar-refractivity contribution is 5.55. The Morgan fingerprint density at radius 2 is 2.17 bits per heavy atom. The molecule has 2 atom stereocenters. The SMILES string of the molecule is CNCc1cc(F)ccc1N1CCC(C)CC1C. The summed E-state index contributed by atoms with van der Waals surface area (Å²) in [5.74, 6) is 0.645. The van der Waals surface area contributed by atoms with Gasteiger partial charge in [0.25, 0.3) is 0 Å². The van der Waals surface area contributed by atoms with E-state index in [0.29, 0.717) is 12.6 Å². The molecule has 1 heterocycles. The standard InChI is InChI=1S/C15H23FN2/c1-11-6-7-18(12(2)8-11)15-5-4-14(16)9-13(15)10-17-3/h4-5,9,11-12,17H,6-8,10H2,1-3H3. The summed E-state index contributed by atoms with van der Waals surface area (Å²) in [6, 6.07) is 5.68. The first-order valence-corrected chi connectivity index (χ1v) is 6.81. The normalized spacial score (nSPS) is 24.3. The van der Waals surface area contributed by atoms with Crippen molar-refractivity contribution in [2.45, 2.75) is 39.3 Å². The molecular weight excluding hydrogens is 227 g/mol. The van der Waals surface area contributed by atoms with Crippen LogP contribution in [0.4, 0.5) is 10.1 Å². The second kappa shape index (κ2) is 5.70. The smallest absolute Gasteiger partial charge is 0.123 e. The Morgan fingerprint density at radius 3 is 2.83 bits per heavy atom. The van der Waals surface area contributed by atoms with E-state index in [1.165, 1.54) is 18.5 Å². The van der Waals surface area contributed by atoms with Gasteiger partial charge >= 0.3 is 0 Å². The number of halogens is 1. The van der Waals surface area contributed by atoms with E-state index >= 15 is 0 Å². The van der Waals surface area contributed by atoms with Crippen LogP contribution in [0.25, 0.3) is 0 Å². The average molecular weight is 250 g/mol. The van der Waals surface area contributed by atoms with E-state index in [-0.39, 0.29) is 5.82 Å². The van der Waals surface area contributed by atoms with E-state index in [1.807, 2.05) is 13.1 Å². The van der Waals surface area contributed by atoms with E-state index in [9.17, 15) is 4.39 Å². The maximum absolute atomic E-state index is 13.4. The minimum atomic E-state index is -0.151. The van der Waals surface area contributed by atoms with Crippen LogP contribution in [0, 0.1) is 11.7 Å². The Hall–Kier alpha value is -1.09. The molecule has 0 aromatic heterocycles. The molecule has 100 valence electrons. The summed E-state index contributed by atoms with van der Waals surface area (Å²) in [5, 5.41) is 3.12. The van der Waals surface area contributed by atoms with Gasteiger partial charge in [0.15, 0.2) is 0 Å². The Balaban J connectivity index is 2.26. The number of benzene rings is 1. The summed E-state index contributed by atoms with van der Waals surface area (Å²) in [5.41, 5.74) is 2.24. The molecule has 2 rings (SSSR count). The first kappa shape index (κ1) is 13.3. The third-order valence-electron chi connectivity index (χ3n) is 3.86. The van der Waals surface area contributed by atoms with Crippen LogP contribution in [0.3, 0.4) is 0 Å². The van der Waals surface area contributed by atoms with Crippen LogP contribution < -0.4 is 10.2 Å². The zero-order chi connectivity index (χ0) is 13.1. The number of rotatable bonds is 3. The largest absolute Gasteiger partial charge is 0.369 e. The van der Waals surface area contributed by atoms with Crippen molar-refractivity contribution in [3.05, 3.63) is 29.6 Å². The highest BCUT2D eigenvalue weighted by Crippen LogP contribution is 2.30. The number of nitrogens with zero attached hydrogens (tertiary/aromatic N) is 1. The molecule has 1 saturated heterocycles. The van der Waals surface area contributed by atoms with Crippen molar-refractivity contribution < 1.29 is 4.39 Å². The van der Waals surface area contributed by atoms with Crippen LogP contribution in [-0.2, 0) is 6.54 Å². The number of nitrogens with one attached hydrogen (secondary N) is 1. The predicted molar refractivity (Wildman–Crippen MR) is 74.4 cm³/mol. The molecule has 0 saturated carbocycles. The van der Waals surface area contributed by atoms with Gasteiger partial charge in [0.1, 0.15) is 5.82 Å². The molecule has 0 spiro atoms. The molecule has 1 aromatic rings. The Bertz CT molecular complexity index is 405. The number of hydrogen-bond acceptors (Lipinski definition) is 2. The second-order valence-electron chi connectivity index (χ2n) is 5.48. The zero-order valence-electron chi connectivity index (χ0n) is 11.5. The van der Waals surface area contributed by atoms with Gasteiger partial charge in [0, 0.05) is 24.8 Å². The van der Waals surface area contributed by atoms with E-state index in [0.717, 1.165) is 18.0 Å². The van der Waals surface area contributed by atoms with E-state index in [4.69, 9.17) is 0 Å². The number of anilines is 1. The molecule has 1 fully saturated rings. The maximum Gasteiger partial charge on any atom is 0.123 e. The fourth-order valence-corrected chi connectivity index (χ4v) is 2.93. The van der Waals surface area contributed by atoms with Crippen LogP contribution in [0.2, 0.25) is 0 Å². The Labute approximate surface area is 109 Å². The van der Waals surface area contributed by atoms with Crippen LogP contribution >= 0.6 is 0 Å². The van der Waals surface area contributed by atoms with Gasteiger partial charge in [-0.05, 0) is 56.5 Å². The molecule has 18 heavy (non-hydrogen) atoms. The average Bonchev–Trinajstić information content (AvgIpc) is 2.31. The first-order valence-electron chi connectivity index (χ1n) is 6.81. The van der Waals surface area contributed by atoms with Gasteiger partial charge in [0.05, 0.1) is 0 Å². The second-order valence-corrected chi connectivity index (χ2v) is 5.48. The zero-order valence-corrected chi connectivity index (χ0v) is 11.5. The molecule has 2 unspecified atom stereocenters. The van der Waals surface area contributed by atoms with Gasteiger partial charge < -0.3 is 10.2 Å². The van der Waals surface area contributed by atoms with E-state index in [2.05, 4.69) is 24.1 Å². The van der Waals surface area contributed by atoms with Crippen molar-refractivity contribution in [3.63, 3.8) is 0 Å². The molecular formula is C15H23FN2. The van der Waals surface area contributed by atoms with Gasteiger partial charge in [-0.3, -0.25) is 0 Å². The molecule has 1 aromatic carbocycles. The van der Waals surface area contributed by atoms with Crippen molar-refractivity contribution in [2.24, 2.45) is 5.92 Å². The molecule has 1 aliphatic rings. The van der Waals surface area contributed by atoms with Crippen molar-refractivity contribution in [1.29, 1.82) is 0 Å². The quantitative estimate of drug-likeness (QED) is 0.886. The fourth-order valence-electron chi connectivity index (χ4n) is 2.93. The summed E-state index contributed by atoms with van der Waals surface area (Å²) in [7, 11) is 1.90. The van der Waals surface area contributed by atoms with Crippen LogP contribution in [0.1, 0.15) is 32.3 Å². The predicted octanol–water partition coefficient (Wildman–Crippen LogP) is 3.17. The molecule has 0 aliphatic carbocycles. The summed E-state index contributed by atoms with van der Waals surface area (Å²) in [4.78, 5) is 2.42. The number of piperidine rings is 1. The molecule has 1 aliphatic heterocycles. The third kappa shape index (κ3) is 2.83. The monoisotopic (exact) mass is 250 g/mol. The Morgan fingerprint density at radius 1 is 1.39 bits per heavy atom. The highest BCUT2D eigenvalue weighted by atomic mass is 19.1. The molecule has 2 nitrogen and oxygen atoms in total. The van der Waals surface area contributed by atoms with Gasteiger partial charge in [-0.25, -0.2) is 4.39 Å². The van der Waals surface area contributed by atoms with Crippen molar-refractivity contribution in [1.82, 2.24) is 5.32 Å². The van der Waals surface area contributed by atoms with Gasteiger partial charge in [-0.1, -0.05) is 6.92 Å². The molecule has 1 N–H and O–H groups in total. The van der Waals surface area contributed by atoms with Gasteiger partial charge in [-0.15, -0.1) is 0 Å². The van der Waals surface area contributed by atoms with Crippen LogP contribution in [0.5, 0.6) is 0 Å². The van der Waals surface area contributed by atoms with Crippen LogP contribution in [0.15, 0.2) is 18.2 Å². The molecule has 0 radical (unpaired) electrons. The highest BCUT2D eigenvalue weighted by Gasteiger charge is 2.24. The maximum atomic E-state index is 13.4. The van der Waals surface area contributed by atoms with E-state index < -0.39 is 0 Å². The van der Waals surface area contributed by atoms with Crippen molar-refractivity contribution >= 4 is 5.69 Å². The topological polar surface area (TPSA) is 15.3 Å². The van der Waals surface area contributed by atoms with Crippen molar-refractivity contribution in [3.8, 4) is 0 Å². The Kier molecular flexibility index (Phi) is 4.23. The lowest BCUT2D eigenvalue weighted by molar-refractivity contribution is 0.377. The van der Waals surface area contributed by atoms with Gasteiger partial charge in [-0.2, -0.15) is 0 Å². The molecule has 3 heteroatoms. The molecule has 0 bridgehead atoms. The first-order chi connectivity index (χ1) is 8.61. The van der Waals surface area contributed by atoms with Crippen molar-refractivity contribution in [2.75, 3.05) is 18.5 Å². The van der Waals surface area contributed by atoms with Crippen LogP contribution in [-0.4, -0.2) is 19.6 Å². The summed E-state index contributed by atoms with van der Waals surface area (Å²) in [6.45, 7) is 6.37. The lowest BCUT2D eigenvalue weighted by atomic mass is 9.92. The minimum absolute atomic E-state index is 0.151.